The summed E-state index contributed by atoms with van der Waals surface area (Å²) in [7, 11) is 0. The molecule has 0 aromatic heterocycles. The summed E-state index contributed by atoms with van der Waals surface area (Å²) in [4.78, 5) is 0. The summed E-state index contributed by atoms with van der Waals surface area (Å²) >= 11 is 17.4. The van der Waals surface area contributed by atoms with Gasteiger partial charge in [-0.1, -0.05) is 24.5 Å². The smallest absolute Gasteiger partial charge is 0.394 e. The average Bonchev–Trinajstić information content (AvgIpc) is 2.48. The first-order valence-electron chi connectivity index (χ1n) is 5.92. The number of hydrogen-bond acceptors (Lipinski definition) is 10. The Morgan fingerprint density at radius 3 is 0.913 bits per heavy atom. The van der Waals surface area contributed by atoms with E-state index in [2.05, 4.69) is 24.5 Å². The molecular formula is C8H22O8P2PtS4+2. The SMILES string of the molecule is OCCOP(=S)(S)OCCO.OCCOP(=S)(S)OCCO.[Pt+2]. The first-order chi connectivity index (χ1) is 10.2. The molecule has 4 N–H and O–H groups in total. The molecule has 0 fully saturated rings. The minimum atomic E-state index is -2.52. The molecule has 0 saturated heterocycles. The van der Waals surface area contributed by atoms with Crippen molar-refractivity contribution in [2.24, 2.45) is 0 Å². The van der Waals surface area contributed by atoms with Gasteiger partial charge in [-0.2, -0.15) is 0 Å². The second-order valence-corrected chi connectivity index (χ2v) is 13.7. The van der Waals surface area contributed by atoms with Crippen molar-refractivity contribution in [2.75, 3.05) is 52.9 Å². The van der Waals surface area contributed by atoms with Gasteiger partial charge < -0.3 is 38.5 Å². The van der Waals surface area contributed by atoms with Crippen molar-refractivity contribution in [1.82, 2.24) is 0 Å². The number of aliphatic hydroxyl groups excluding tert-OH is 4. The predicted molar refractivity (Wildman–Crippen MR) is 98.7 cm³/mol. The Bertz CT molecular complexity index is 298. The summed E-state index contributed by atoms with van der Waals surface area (Å²) < 4.78 is 19.5. The van der Waals surface area contributed by atoms with E-state index in [-0.39, 0.29) is 73.9 Å². The zero-order valence-electron chi connectivity index (χ0n) is 12.0. The quantitative estimate of drug-likeness (QED) is 0.133. The monoisotopic (exact) mass is 631 g/mol. The molecule has 0 heterocycles. The fourth-order valence-corrected chi connectivity index (χ4v) is 3.97. The summed E-state index contributed by atoms with van der Waals surface area (Å²) in [6, 6.07) is 0. The Morgan fingerprint density at radius 1 is 0.609 bits per heavy atom. The van der Waals surface area contributed by atoms with Gasteiger partial charge in [-0.05, 0) is 23.6 Å². The third-order valence-electron chi connectivity index (χ3n) is 1.38. The van der Waals surface area contributed by atoms with Gasteiger partial charge in [-0.25, -0.2) is 0 Å². The Hall–Kier alpha value is 2.37. The molecule has 0 atom stereocenters. The van der Waals surface area contributed by atoms with Crippen LogP contribution in [0.3, 0.4) is 0 Å². The molecule has 144 valence electrons. The van der Waals surface area contributed by atoms with E-state index in [1.807, 2.05) is 0 Å². The summed E-state index contributed by atoms with van der Waals surface area (Å²) in [5, 5.41) is 33.5. The maximum absolute atomic E-state index is 8.36. The van der Waals surface area contributed by atoms with Gasteiger partial charge >= 0.3 is 21.1 Å². The van der Waals surface area contributed by atoms with E-state index in [4.69, 9.17) is 62.1 Å². The van der Waals surface area contributed by atoms with E-state index in [0.717, 1.165) is 0 Å². The molecule has 0 aliphatic rings. The normalized spacial score (nSPS) is 11.4. The van der Waals surface area contributed by atoms with Gasteiger partial charge in [-0.3, -0.25) is 0 Å². The Labute approximate surface area is 171 Å². The van der Waals surface area contributed by atoms with Gasteiger partial charge in [0.1, 0.15) is 0 Å². The Morgan fingerprint density at radius 2 is 0.783 bits per heavy atom. The van der Waals surface area contributed by atoms with Gasteiger partial charge in [0.05, 0.1) is 52.9 Å². The fourth-order valence-electron chi connectivity index (χ4n) is 0.699. The van der Waals surface area contributed by atoms with Gasteiger partial charge in [0.25, 0.3) is 0 Å². The molecule has 8 nitrogen and oxygen atoms in total. The van der Waals surface area contributed by atoms with Gasteiger partial charge in [0.2, 0.25) is 11.4 Å². The standard InChI is InChI=1S/2C4H11O4PS2.Pt/c2*5-1-3-7-9(10,11)8-4-2-6;/h2*5-6H,1-4H2,(H,10,11);/q;;+2. The number of thiol groups is 2. The second-order valence-electron chi connectivity index (χ2n) is 3.16. The van der Waals surface area contributed by atoms with Crippen molar-refractivity contribution in [3.63, 3.8) is 0 Å². The van der Waals surface area contributed by atoms with Crippen LogP contribution in [0.1, 0.15) is 0 Å². The van der Waals surface area contributed by atoms with Crippen LogP contribution in [0.4, 0.5) is 0 Å². The average molecular weight is 632 g/mol. The van der Waals surface area contributed by atoms with Crippen LogP contribution in [0.15, 0.2) is 0 Å². The predicted octanol–water partition coefficient (Wildman–Crippen LogP) is 0.314. The van der Waals surface area contributed by atoms with Crippen LogP contribution in [-0.4, -0.2) is 73.3 Å². The van der Waals surface area contributed by atoms with Crippen LogP contribution >= 0.6 is 35.9 Å². The molecule has 0 bridgehead atoms. The van der Waals surface area contributed by atoms with Crippen LogP contribution in [0.2, 0.25) is 0 Å². The van der Waals surface area contributed by atoms with E-state index in [0.29, 0.717) is 0 Å². The summed E-state index contributed by atoms with van der Waals surface area (Å²) in [5.41, 5.74) is -5.04. The topological polar surface area (TPSA) is 118 Å². The van der Waals surface area contributed by atoms with Crippen molar-refractivity contribution in [2.45, 2.75) is 0 Å². The third-order valence-corrected chi connectivity index (χ3v) is 6.07. The number of rotatable bonds is 12. The Balaban J connectivity index is -0.000000333. The van der Waals surface area contributed by atoms with Crippen molar-refractivity contribution in [3.05, 3.63) is 0 Å². The molecule has 0 unspecified atom stereocenters. The molecule has 0 aromatic carbocycles. The van der Waals surface area contributed by atoms with E-state index in [1.165, 1.54) is 0 Å². The molecule has 0 aromatic rings. The first kappa shape index (κ1) is 30.1. The largest absolute Gasteiger partial charge is 2.00 e. The van der Waals surface area contributed by atoms with Crippen molar-refractivity contribution in [3.8, 4) is 0 Å². The molecule has 0 saturated carbocycles. The second kappa shape index (κ2) is 19.1. The van der Waals surface area contributed by atoms with Crippen LogP contribution in [0, 0.1) is 0 Å². The van der Waals surface area contributed by atoms with Gasteiger partial charge in [-0.15, -0.1) is 0 Å². The molecule has 0 amide bonds. The van der Waals surface area contributed by atoms with Crippen LogP contribution < -0.4 is 0 Å². The zero-order chi connectivity index (χ0) is 17.5. The summed E-state index contributed by atoms with van der Waals surface area (Å²) in [6.07, 6.45) is 0. The van der Waals surface area contributed by atoms with Gasteiger partial charge in [0.15, 0.2) is 0 Å². The fraction of sp³-hybridized carbons (Fsp3) is 1.00. The van der Waals surface area contributed by atoms with Crippen LogP contribution in [0.25, 0.3) is 0 Å². The molecule has 0 aliphatic carbocycles. The molecule has 0 rings (SSSR count). The zero-order valence-corrected chi connectivity index (χ0v) is 19.5. The van der Waals surface area contributed by atoms with E-state index >= 15 is 0 Å². The van der Waals surface area contributed by atoms with Crippen molar-refractivity contribution < 1.29 is 59.6 Å². The Kier molecular flexibility index (Phi) is 25.1. The summed E-state index contributed by atoms with van der Waals surface area (Å²) in [5.74, 6) is 0. The van der Waals surface area contributed by atoms with Crippen LogP contribution in [0.5, 0.6) is 0 Å². The van der Waals surface area contributed by atoms with E-state index in [9.17, 15) is 0 Å². The number of aliphatic hydroxyl groups is 4. The van der Waals surface area contributed by atoms with E-state index < -0.39 is 11.4 Å². The van der Waals surface area contributed by atoms with Gasteiger partial charge in [0, 0.05) is 0 Å². The van der Waals surface area contributed by atoms with Crippen molar-refractivity contribution >= 4 is 59.5 Å². The molecule has 0 spiro atoms. The molecule has 15 heteroatoms. The molecule has 0 radical (unpaired) electrons. The summed E-state index contributed by atoms with van der Waals surface area (Å²) in [6.45, 7) is 0.0303. The molecule has 23 heavy (non-hydrogen) atoms. The maximum atomic E-state index is 8.36. The van der Waals surface area contributed by atoms with E-state index in [1.54, 1.807) is 0 Å². The van der Waals surface area contributed by atoms with Crippen LogP contribution in [-0.2, 0) is 62.8 Å². The minimum Gasteiger partial charge on any atom is -0.394 e. The minimum absolute atomic E-state index is 0. The molecular weight excluding hydrogens is 609 g/mol. The number of hydrogen-bond donors (Lipinski definition) is 6. The van der Waals surface area contributed by atoms with Crippen molar-refractivity contribution in [1.29, 1.82) is 0 Å². The third kappa shape index (κ3) is 24.4. The first-order valence-corrected chi connectivity index (χ1v) is 13.5. The maximum Gasteiger partial charge on any atom is 2.00 e. The molecule has 0 aliphatic heterocycles.